The summed E-state index contributed by atoms with van der Waals surface area (Å²) in [5.41, 5.74) is 7.79. The highest BCUT2D eigenvalue weighted by Gasteiger charge is 2.30. The van der Waals surface area contributed by atoms with Gasteiger partial charge in [0, 0.05) is 38.2 Å². The molecule has 0 unspecified atom stereocenters. The van der Waals surface area contributed by atoms with Crippen LogP contribution in [0.4, 0.5) is 5.82 Å². The second kappa shape index (κ2) is 8.24. The molecule has 1 fully saturated rings. The van der Waals surface area contributed by atoms with Crippen LogP contribution in [0.3, 0.4) is 0 Å². The van der Waals surface area contributed by atoms with Gasteiger partial charge in [-0.25, -0.2) is 4.68 Å². The number of hydrogen-bond acceptors (Lipinski definition) is 4. The predicted octanol–water partition coefficient (Wildman–Crippen LogP) is 1.81. The highest BCUT2D eigenvalue weighted by Crippen LogP contribution is 2.18. The molecule has 2 amide bonds. The molecule has 2 aromatic rings. The van der Waals surface area contributed by atoms with Crippen molar-refractivity contribution in [3.05, 3.63) is 47.7 Å². The quantitative estimate of drug-likeness (QED) is 0.871. The third kappa shape index (κ3) is 4.48. The Bertz CT molecular complexity index is 802. The number of carbonyl (C=O) groups excluding carboxylic acids is 2. The van der Waals surface area contributed by atoms with Gasteiger partial charge in [-0.1, -0.05) is 37.3 Å². The van der Waals surface area contributed by atoms with E-state index < -0.39 is 0 Å². The molecule has 2 heterocycles. The topological polar surface area (TPSA) is 84.5 Å². The van der Waals surface area contributed by atoms with Crippen molar-refractivity contribution in [1.29, 1.82) is 0 Å². The Morgan fingerprint density at radius 3 is 2.67 bits per heavy atom. The van der Waals surface area contributed by atoms with Gasteiger partial charge >= 0.3 is 0 Å². The van der Waals surface area contributed by atoms with Crippen molar-refractivity contribution < 1.29 is 9.59 Å². The molecule has 7 heteroatoms. The summed E-state index contributed by atoms with van der Waals surface area (Å²) in [6.45, 7) is 5.54. The third-order valence-electron chi connectivity index (χ3n) is 5.03. The Morgan fingerprint density at radius 2 is 2.04 bits per heavy atom. The summed E-state index contributed by atoms with van der Waals surface area (Å²) in [7, 11) is 0. The van der Waals surface area contributed by atoms with Crippen molar-refractivity contribution in [3.8, 4) is 0 Å². The maximum Gasteiger partial charge on any atom is 0.244 e. The van der Waals surface area contributed by atoms with E-state index in [2.05, 4.69) is 12.0 Å². The van der Waals surface area contributed by atoms with Crippen LogP contribution in [0.5, 0.6) is 0 Å². The van der Waals surface area contributed by atoms with Crippen molar-refractivity contribution in [2.45, 2.75) is 45.8 Å². The molecule has 1 aromatic carbocycles. The van der Waals surface area contributed by atoms with Crippen molar-refractivity contribution in [2.75, 3.05) is 18.8 Å². The van der Waals surface area contributed by atoms with Crippen molar-refractivity contribution in [1.82, 2.24) is 19.6 Å². The van der Waals surface area contributed by atoms with Gasteiger partial charge in [0.1, 0.15) is 12.4 Å². The fourth-order valence-corrected chi connectivity index (χ4v) is 3.52. The lowest BCUT2D eigenvalue weighted by Gasteiger charge is -2.31. The van der Waals surface area contributed by atoms with Gasteiger partial charge in [-0.15, -0.1) is 0 Å². The largest absolute Gasteiger partial charge is 0.384 e. The van der Waals surface area contributed by atoms with Crippen LogP contribution in [0, 0.1) is 6.92 Å². The number of nitrogen functional groups attached to an aromatic ring is 1. The number of amides is 2. The number of nitrogens with two attached hydrogens (primary N) is 1. The maximum absolute atomic E-state index is 12.8. The molecule has 0 bridgehead atoms. The summed E-state index contributed by atoms with van der Waals surface area (Å²) in [5, 5.41) is 4.26. The Morgan fingerprint density at radius 1 is 1.30 bits per heavy atom. The Kier molecular flexibility index (Phi) is 5.78. The van der Waals surface area contributed by atoms with E-state index >= 15 is 0 Å². The van der Waals surface area contributed by atoms with Crippen molar-refractivity contribution in [2.24, 2.45) is 0 Å². The van der Waals surface area contributed by atoms with Gasteiger partial charge in [-0.2, -0.15) is 5.10 Å². The molecule has 1 atom stereocenters. The van der Waals surface area contributed by atoms with Crippen LogP contribution in [0.25, 0.3) is 0 Å². The van der Waals surface area contributed by atoms with Crippen LogP contribution >= 0.6 is 0 Å². The lowest BCUT2D eigenvalue weighted by molar-refractivity contribution is -0.133. The van der Waals surface area contributed by atoms with Crippen LogP contribution < -0.4 is 5.73 Å². The van der Waals surface area contributed by atoms with Gasteiger partial charge in [-0.3, -0.25) is 9.59 Å². The van der Waals surface area contributed by atoms with Crippen LogP contribution in [-0.2, 0) is 22.7 Å². The minimum absolute atomic E-state index is 0.000797. The smallest absolute Gasteiger partial charge is 0.244 e. The molecule has 0 saturated carbocycles. The Hall–Kier alpha value is -2.83. The Balaban J connectivity index is 1.72. The standard InChI is InChI=1S/C20H27N5O2/c1-3-17-13-23(20(27)14-25-18(21)11-15(2)22-25)10-9-19(26)24(17)12-16-7-5-4-6-8-16/h4-8,11,17H,3,9-10,12-14,21H2,1-2H3/t17-/m1/s1. The van der Waals surface area contributed by atoms with Crippen molar-refractivity contribution in [3.63, 3.8) is 0 Å². The first-order valence-electron chi connectivity index (χ1n) is 9.39. The maximum atomic E-state index is 12.8. The van der Waals surface area contributed by atoms with Crippen LogP contribution in [0.1, 0.15) is 31.0 Å². The minimum atomic E-state index is -0.0578. The normalized spacial score (nSPS) is 17.9. The van der Waals surface area contributed by atoms with Gasteiger partial charge in [0.25, 0.3) is 0 Å². The molecule has 1 aliphatic rings. The number of benzene rings is 1. The SMILES string of the molecule is CC[C@@H]1CN(C(=O)Cn2nc(C)cc2N)CCC(=O)N1Cc1ccccc1. The molecular weight excluding hydrogens is 342 g/mol. The molecule has 3 rings (SSSR count). The van der Waals surface area contributed by atoms with Crippen LogP contribution in [0.2, 0.25) is 0 Å². The van der Waals surface area contributed by atoms with Gasteiger partial charge in [0.15, 0.2) is 0 Å². The number of nitrogens with zero attached hydrogens (tertiary/aromatic N) is 4. The number of aryl methyl sites for hydroxylation is 1. The van der Waals surface area contributed by atoms with E-state index in [1.165, 1.54) is 4.68 Å². The monoisotopic (exact) mass is 369 g/mol. The number of hydrogen-bond donors (Lipinski definition) is 1. The van der Waals surface area contributed by atoms with E-state index in [9.17, 15) is 9.59 Å². The molecule has 0 aliphatic carbocycles. The van der Waals surface area contributed by atoms with E-state index in [4.69, 9.17) is 5.73 Å². The first-order chi connectivity index (χ1) is 13.0. The summed E-state index contributed by atoms with van der Waals surface area (Å²) < 4.78 is 1.52. The predicted molar refractivity (Wildman–Crippen MR) is 104 cm³/mol. The molecule has 1 saturated heterocycles. The summed E-state index contributed by atoms with van der Waals surface area (Å²) in [6, 6.07) is 11.7. The average molecular weight is 369 g/mol. The molecule has 2 N–H and O–H groups in total. The zero-order chi connectivity index (χ0) is 19.4. The number of aromatic nitrogens is 2. The Labute approximate surface area is 159 Å². The fourth-order valence-electron chi connectivity index (χ4n) is 3.52. The highest BCUT2D eigenvalue weighted by molar-refractivity contribution is 5.80. The molecule has 0 spiro atoms. The summed E-state index contributed by atoms with van der Waals surface area (Å²) in [6.07, 6.45) is 1.13. The van der Waals surface area contributed by atoms with Gasteiger partial charge in [0.2, 0.25) is 11.8 Å². The summed E-state index contributed by atoms with van der Waals surface area (Å²) >= 11 is 0. The lowest BCUT2D eigenvalue weighted by atomic mass is 10.1. The second-order valence-corrected chi connectivity index (χ2v) is 7.03. The molecule has 7 nitrogen and oxygen atoms in total. The van der Waals surface area contributed by atoms with E-state index in [0.29, 0.717) is 31.9 Å². The van der Waals surface area contributed by atoms with E-state index in [0.717, 1.165) is 17.7 Å². The molecule has 1 aromatic heterocycles. The minimum Gasteiger partial charge on any atom is -0.384 e. The molecule has 144 valence electrons. The number of rotatable bonds is 5. The first-order valence-corrected chi connectivity index (χ1v) is 9.39. The molecule has 1 aliphatic heterocycles. The van der Waals surface area contributed by atoms with Crippen molar-refractivity contribution >= 4 is 17.6 Å². The second-order valence-electron chi connectivity index (χ2n) is 7.03. The molecule has 0 radical (unpaired) electrons. The zero-order valence-electron chi connectivity index (χ0n) is 16.0. The van der Waals surface area contributed by atoms with Gasteiger partial charge < -0.3 is 15.5 Å². The van der Waals surface area contributed by atoms with E-state index in [-0.39, 0.29) is 24.4 Å². The van der Waals surface area contributed by atoms with Gasteiger partial charge in [0.05, 0.1) is 5.69 Å². The summed E-state index contributed by atoms with van der Waals surface area (Å²) in [5.74, 6) is 0.512. The van der Waals surface area contributed by atoms with Gasteiger partial charge in [-0.05, 0) is 18.9 Å². The lowest BCUT2D eigenvalue weighted by Crippen LogP contribution is -2.44. The van der Waals surface area contributed by atoms with Crippen LogP contribution in [0.15, 0.2) is 36.4 Å². The highest BCUT2D eigenvalue weighted by atomic mass is 16.2. The van der Waals surface area contributed by atoms with E-state index in [1.54, 1.807) is 11.0 Å². The first kappa shape index (κ1) is 18.9. The number of anilines is 1. The van der Waals surface area contributed by atoms with Crippen LogP contribution in [-0.4, -0.2) is 50.5 Å². The zero-order valence-corrected chi connectivity index (χ0v) is 16.0. The van der Waals surface area contributed by atoms with E-state index in [1.807, 2.05) is 42.2 Å². The number of carbonyl (C=O) groups is 2. The fraction of sp³-hybridized carbons (Fsp3) is 0.450. The third-order valence-corrected chi connectivity index (χ3v) is 5.03. The average Bonchev–Trinajstić information content (AvgIpc) is 2.88. The summed E-state index contributed by atoms with van der Waals surface area (Å²) in [4.78, 5) is 29.2. The molecule has 27 heavy (non-hydrogen) atoms. The molecular formula is C20H27N5O2.